The number of imidazole rings is 1. The van der Waals surface area contributed by atoms with E-state index in [9.17, 15) is 0 Å². The van der Waals surface area contributed by atoms with Gasteiger partial charge in [0.25, 0.3) is 0 Å². The fraction of sp³-hybridized carbons (Fsp3) is 0.0400. The molecular formula is C25H17N3O. The van der Waals surface area contributed by atoms with Crippen LogP contribution in [0.3, 0.4) is 0 Å². The second kappa shape index (κ2) is 6.04. The highest BCUT2D eigenvalue weighted by atomic mass is 16.3. The molecule has 0 saturated carbocycles. The van der Waals surface area contributed by atoms with E-state index >= 15 is 0 Å². The molecule has 0 aliphatic heterocycles. The fourth-order valence-electron chi connectivity index (χ4n) is 4.11. The Hall–Kier alpha value is -3.92. The summed E-state index contributed by atoms with van der Waals surface area (Å²) in [7, 11) is 0. The maximum atomic E-state index is 6.34. The van der Waals surface area contributed by atoms with Crippen LogP contribution in [0, 0.1) is 6.92 Å². The number of rotatable bonds is 2. The van der Waals surface area contributed by atoms with Crippen molar-refractivity contribution in [1.82, 2.24) is 14.5 Å². The van der Waals surface area contributed by atoms with Crippen LogP contribution in [0.25, 0.3) is 50.0 Å². The van der Waals surface area contributed by atoms with Crippen LogP contribution < -0.4 is 0 Å². The largest absolute Gasteiger partial charge is 0.455 e. The molecule has 0 atom stereocenters. The van der Waals surface area contributed by atoms with E-state index < -0.39 is 0 Å². The maximum absolute atomic E-state index is 6.34. The molecule has 0 fully saturated rings. The summed E-state index contributed by atoms with van der Waals surface area (Å²) >= 11 is 0. The third kappa shape index (κ3) is 2.32. The Morgan fingerprint density at radius 1 is 0.862 bits per heavy atom. The molecular weight excluding hydrogens is 358 g/mol. The van der Waals surface area contributed by atoms with E-state index in [1.54, 1.807) is 6.20 Å². The van der Waals surface area contributed by atoms with Crippen molar-refractivity contribution in [2.75, 3.05) is 0 Å². The quantitative estimate of drug-likeness (QED) is 0.357. The van der Waals surface area contributed by atoms with Gasteiger partial charge in [0.1, 0.15) is 17.0 Å². The van der Waals surface area contributed by atoms with Gasteiger partial charge in [-0.1, -0.05) is 42.5 Å². The standard InChI is InChI=1S/C25H17N3O/c1-16-11-12-19(24-23(16)18-9-5-6-10-22(18)29-24)25-27-20-13-14-26-15-21(20)28(25)17-7-3-2-4-8-17/h2-15H,1H3. The molecule has 0 amide bonds. The number of fused-ring (bicyclic) bond motifs is 4. The van der Waals surface area contributed by atoms with Gasteiger partial charge >= 0.3 is 0 Å². The third-order valence-electron chi connectivity index (χ3n) is 5.45. The molecule has 0 N–H and O–H groups in total. The lowest BCUT2D eigenvalue weighted by Gasteiger charge is -2.10. The average molecular weight is 375 g/mol. The minimum absolute atomic E-state index is 0.850. The van der Waals surface area contributed by atoms with Gasteiger partial charge in [-0.25, -0.2) is 4.98 Å². The van der Waals surface area contributed by atoms with E-state index in [1.165, 1.54) is 5.56 Å². The van der Waals surface area contributed by atoms with Crippen LogP contribution in [0.2, 0.25) is 0 Å². The number of nitrogens with zero attached hydrogens (tertiary/aromatic N) is 3. The molecule has 3 heterocycles. The smallest absolute Gasteiger partial charge is 0.149 e. The van der Waals surface area contributed by atoms with E-state index in [0.29, 0.717) is 0 Å². The Kier molecular flexibility index (Phi) is 3.35. The Morgan fingerprint density at radius 3 is 2.59 bits per heavy atom. The Balaban J connectivity index is 1.76. The van der Waals surface area contributed by atoms with Crippen molar-refractivity contribution in [1.29, 1.82) is 0 Å². The van der Waals surface area contributed by atoms with Gasteiger partial charge in [-0.3, -0.25) is 9.55 Å². The van der Waals surface area contributed by atoms with Crippen molar-refractivity contribution in [3.05, 3.63) is 90.8 Å². The minimum atomic E-state index is 0.850. The van der Waals surface area contributed by atoms with Gasteiger partial charge in [0.2, 0.25) is 0 Å². The molecule has 0 bridgehead atoms. The van der Waals surface area contributed by atoms with Gasteiger partial charge in [0.05, 0.1) is 22.8 Å². The zero-order chi connectivity index (χ0) is 19.4. The fourth-order valence-corrected chi connectivity index (χ4v) is 4.11. The molecule has 138 valence electrons. The van der Waals surface area contributed by atoms with Crippen molar-refractivity contribution in [3.8, 4) is 17.1 Å². The van der Waals surface area contributed by atoms with Crippen LogP contribution in [0.5, 0.6) is 0 Å². The molecule has 4 heteroatoms. The second-order valence-corrected chi connectivity index (χ2v) is 7.20. The molecule has 4 nitrogen and oxygen atoms in total. The summed E-state index contributed by atoms with van der Waals surface area (Å²) in [6, 6.07) is 24.6. The molecule has 3 aromatic carbocycles. The van der Waals surface area contributed by atoms with Gasteiger partial charge in [-0.05, 0) is 42.8 Å². The van der Waals surface area contributed by atoms with Gasteiger partial charge in [-0.2, -0.15) is 0 Å². The third-order valence-corrected chi connectivity index (χ3v) is 5.45. The van der Waals surface area contributed by atoms with E-state index in [0.717, 1.165) is 50.0 Å². The predicted molar refractivity (Wildman–Crippen MR) is 116 cm³/mol. The van der Waals surface area contributed by atoms with Crippen LogP contribution in [0.1, 0.15) is 5.56 Å². The van der Waals surface area contributed by atoms with E-state index in [4.69, 9.17) is 9.40 Å². The van der Waals surface area contributed by atoms with Crippen LogP contribution >= 0.6 is 0 Å². The molecule has 0 spiro atoms. The lowest BCUT2D eigenvalue weighted by molar-refractivity contribution is 0.669. The molecule has 6 aromatic rings. The predicted octanol–water partition coefficient (Wildman–Crippen LogP) is 6.30. The van der Waals surface area contributed by atoms with Crippen molar-refractivity contribution < 1.29 is 4.42 Å². The monoisotopic (exact) mass is 375 g/mol. The first kappa shape index (κ1) is 16.1. The number of hydrogen-bond acceptors (Lipinski definition) is 3. The molecule has 3 aromatic heterocycles. The van der Waals surface area contributed by atoms with E-state index in [1.807, 2.05) is 48.7 Å². The zero-order valence-electron chi connectivity index (χ0n) is 15.8. The summed E-state index contributed by atoms with van der Waals surface area (Å²) in [5, 5.41) is 2.27. The zero-order valence-corrected chi connectivity index (χ0v) is 15.8. The Bertz CT molecular complexity index is 1510. The highest BCUT2D eigenvalue weighted by Gasteiger charge is 2.20. The average Bonchev–Trinajstić information content (AvgIpc) is 3.34. The highest BCUT2D eigenvalue weighted by molar-refractivity contribution is 6.11. The first-order valence-corrected chi connectivity index (χ1v) is 9.60. The van der Waals surface area contributed by atoms with Crippen molar-refractivity contribution in [2.45, 2.75) is 6.92 Å². The SMILES string of the molecule is Cc1ccc(-c2nc3ccncc3n2-c2ccccc2)c2oc3ccccc3c12. The van der Waals surface area contributed by atoms with Crippen LogP contribution in [-0.2, 0) is 0 Å². The Morgan fingerprint density at radius 2 is 1.69 bits per heavy atom. The highest BCUT2D eigenvalue weighted by Crippen LogP contribution is 2.39. The number of aromatic nitrogens is 3. The summed E-state index contributed by atoms with van der Waals surface area (Å²) in [6.45, 7) is 2.12. The van der Waals surface area contributed by atoms with Crippen LogP contribution in [-0.4, -0.2) is 14.5 Å². The van der Waals surface area contributed by atoms with E-state index in [2.05, 4.69) is 46.8 Å². The number of furan rings is 1. The van der Waals surface area contributed by atoms with Gasteiger partial charge in [0.15, 0.2) is 0 Å². The van der Waals surface area contributed by atoms with E-state index in [-0.39, 0.29) is 0 Å². The number of benzene rings is 3. The summed E-state index contributed by atoms with van der Waals surface area (Å²) < 4.78 is 8.49. The minimum Gasteiger partial charge on any atom is -0.455 e. The first-order chi connectivity index (χ1) is 14.3. The lowest BCUT2D eigenvalue weighted by atomic mass is 10.0. The van der Waals surface area contributed by atoms with Gasteiger partial charge in [-0.15, -0.1) is 0 Å². The molecule has 0 radical (unpaired) electrons. The summed E-state index contributed by atoms with van der Waals surface area (Å²) in [4.78, 5) is 9.31. The topological polar surface area (TPSA) is 43.9 Å². The molecule has 0 saturated heterocycles. The number of pyridine rings is 1. The summed E-state index contributed by atoms with van der Waals surface area (Å²) in [5.41, 5.74) is 6.85. The van der Waals surface area contributed by atoms with Crippen molar-refractivity contribution in [2.24, 2.45) is 0 Å². The van der Waals surface area contributed by atoms with Gasteiger partial charge < -0.3 is 4.42 Å². The summed E-state index contributed by atoms with van der Waals surface area (Å²) in [6.07, 6.45) is 3.64. The van der Waals surface area contributed by atoms with Crippen molar-refractivity contribution in [3.63, 3.8) is 0 Å². The molecule has 0 unspecified atom stereocenters. The molecule has 0 aliphatic carbocycles. The Labute approximate surface area is 167 Å². The van der Waals surface area contributed by atoms with Gasteiger partial charge in [0, 0.05) is 22.7 Å². The summed E-state index contributed by atoms with van der Waals surface area (Å²) in [5.74, 6) is 0.850. The van der Waals surface area contributed by atoms with Crippen molar-refractivity contribution >= 4 is 33.0 Å². The maximum Gasteiger partial charge on any atom is 0.149 e. The molecule has 29 heavy (non-hydrogen) atoms. The number of para-hydroxylation sites is 2. The number of aryl methyl sites for hydroxylation is 1. The molecule has 0 aliphatic rings. The first-order valence-electron chi connectivity index (χ1n) is 9.60. The lowest BCUT2D eigenvalue weighted by Crippen LogP contribution is -1.98. The van der Waals surface area contributed by atoms with Crippen LogP contribution in [0.15, 0.2) is 89.6 Å². The number of hydrogen-bond donors (Lipinski definition) is 0. The second-order valence-electron chi connectivity index (χ2n) is 7.20. The molecule has 6 rings (SSSR count). The normalized spacial score (nSPS) is 11.6. The van der Waals surface area contributed by atoms with Crippen LogP contribution in [0.4, 0.5) is 0 Å².